The molecule has 0 bridgehead atoms. The van der Waals surface area contributed by atoms with Crippen LogP contribution >= 0.6 is 0 Å². The molecule has 1 unspecified atom stereocenters. The van der Waals surface area contributed by atoms with E-state index < -0.39 is 69.3 Å². The smallest absolute Gasteiger partial charge is 0.223 e. The second-order valence-electron chi connectivity index (χ2n) is 9.05. The third-order valence-electron chi connectivity index (χ3n) is 6.69. The van der Waals surface area contributed by atoms with Crippen LogP contribution in [0.1, 0.15) is 23.5 Å². The Labute approximate surface area is 219 Å². The normalized spacial score (nSPS) is 14.5. The number of aromatic hydroxyl groups is 3. The molecular weight excluding hydrogens is 519 g/mol. The molecule has 39 heavy (non-hydrogen) atoms. The van der Waals surface area contributed by atoms with E-state index in [0.717, 1.165) is 6.07 Å². The van der Waals surface area contributed by atoms with Crippen molar-refractivity contribution in [1.82, 2.24) is 4.90 Å². The molecule has 1 amide bonds. The molecule has 2 heterocycles. The van der Waals surface area contributed by atoms with Crippen molar-refractivity contribution in [1.29, 1.82) is 0 Å². The van der Waals surface area contributed by atoms with Gasteiger partial charge in [-0.2, -0.15) is 0 Å². The SMILES string of the molecule is O=C(CC(c1cc(F)c(F)c(F)c1)c1c(O)c(O)c(O)c2c(=O)cc(-c3ccccc3)oc12)N1CCOCC1. The van der Waals surface area contributed by atoms with Crippen LogP contribution in [0.4, 0.5) is 13.2 Å². The highest BCUT2D eigenvalue weighted by atomic mass is 19.2. The monoisotopic (exact) mass is 541 g/mol. The molecule has 1 aliphatic rings. The van der Waals surface area contributed by atoms with Crippen LogP contribution < -0.4 is 5.43 Å². The van der Waals surface area contributed by atoms with Crippen molar-refractivity contribution in [3.8, 4) is 28.6 Å². The predicted molar refractivity (Wildman–Crippen MR) is 133 cm³/mol. The highest BCUT2D eigenvalue weighted by Crippen LogP contribution is 2.49. The molecule has 11 heteroatoms. The van der Waals surface area contributed by atoms with E-state index in [1.54, 1.807) is 30.3 Å². The number of morpholine rings is 1. The van der Waals surface area contributed by atoms with Gasteiger partial charge >= 0.3 is 0 Å². The van der Waals surface area contributed by atoms with E-state index in [2.05, 4.69) is 0 Å². The summed E-state index contributed by atoms with van der Waals surface area (Å²) in [4.78, 5) is 27.8. The van der Waals surface area contributed by atoms with E-state index in [4.69, 9.17) is 9.15 Å². The first-order valence-electron chi connectivity index (χ1n) is 12.0. The molecule has 4 aromatic rings. The Morgan fingerprint density at radius 1 is 0.923 bits per heavy atom. The molecule has 1 aromatic heterocycles. The zero-order chi connectivity index (χ0) is 27.8. The molecule has 1 saturated heterocycles. The number of nitrogens with zero attached hydrogens (tertiary/aromatic N) is 1. The molecule has 8 nitrogen and oxygen atoms in total. The Hall–Kier alpha value is -4.51. The fourth-order valence-electron chi connectivity index (χ4n) is 4.72. The molecule has 0 spiro atoms. The number of benzene rings is 3. The summed E-state index contributed by atoms with van der Waals surface area (Å²) >= 11 is 0. The van der Waals surface area contributed by atoms with Gasteiger partial charge in [-0.1, -0.05) is 30.3 Å². The van der Waals surface area contributed by atoms with Crippen LogP contribution in [0.2, 0.25) is 0 Å². The Bertz CT molecular complexity index is 1610. The van der Waals surface area contributed by atoms with Crippen molar-refractivity contribution in [3.63, 3.8) is 0 Å². The van der Waals surface area contributed by atoms with Gasteiger partial charge in [0.25, 0.3) is 0 Å². The Kier molecular flexibility index (Phi) is 6.92. The summed E-state index contributed by atoms with van der Waals surface area (Å²) in [6, 6.07) is 10.7. The van der Waals surface area contributed by atoms with Crippen LogP contribution in [0, 0.1) is 17.5 Å². The first-order chi connectivity index (χ1) is 18.7. The maximum Gasteiger partial charge on any atom is 0.223 e. The third-order valence-corrected chi connectivity index (χ3v) is 6.69. The average molecular weight is 541 g/mol. The van der Waals surface area contributed by atoms with E-state index in [1.807, 2.05) is 0 Å². The van der Waals surface area contributed by atoms with Crippen LogP contribution in [-0.2, 0) is 9.53 Å². The first-order valence-corrected chi connectivity index (χ1v) is 12.0. The van der Waals surface area contributed by atoms with E-state index >= 15 is 0 Å². The lowest BCUT2D eigenvalue weighted by Gasteiger charge is -2.29. The van der Waals surface area contributed by atoms with Gasteiger partial charge in [0, 0.05) is 42.6 Å². The van der Waals surface area contributed by atoms with Gasteiger partial charge in [-0.25, -0.2) is 13.2 Å². The molecule has 5 rings (SSSR count). The number of ether oxygens (including phenoxy) is 1. The zero-order valence-electron chi connectivity index (χ0n) is 20.3. The van der Waals surface area contributed by atoms with E-state index in [9.17, 15) is 38.1 Å². The topological polar surface area (TPSA) is 120 Å². The second-order valence-corrected chi connectivity index (χ2v) is 9.05. The molecule has 1 aliphatic heterocycles. The van der Waals surface area contributed by atoms with Crippen molar-refractivity contribution in [2.45, 2.75) is 12.3 Å². The van der Waals surface area contributed by atoms with Crippen molar-refractivity contribution in [2.24, 2.45) is 0 Å². The highest BCUT2D eigenvalue weighted by molar-refractivity contribution is 5.94. The molecule has 0 saturated carbocycles. The summed E-state index contributed by atoms with van der Waals surface area (Å²) < 4.78 is 53.8. The number of hydrogen-bond acceptors (Lipinski definition) is 7. The van der Waals surface area contributed by atoms with Crippen LogP contribution in [0.5, 0.6) is 17.2 Å². The lowest BCUT2D eigenvalue weighted by atomic mass is 9.85. The fourth-order valence-corrected chi connectivity index (χ4v) is 4.72. The number of phenols is 3. The number of phenolic OH excluding ortho intramolecular Hbond substituents is 3. The zero-order valence-corrected chi connectivity index (χ0v) is 20.3. The van der Waals surface area contributed by atoms with Gasteiger partial charge < -0.3 is 29.4 Å². The van der Waals surface area contributed by atoms with Gasteiger partial charge in [0.15, 0.2) is 34.4 Å². The van der Waals surface area contributed by atoms with Crippen LogP contribution in [0.25, 0.3) is 22.3 Å². The second kappa shape index (κ2) is 10.3. The Morgan fingerprint density at radius 3 is 2.21 bits per heavy atom. The van der Waals surface area contributed by atoms with Gasteiger partial charge in [0.05, 0.1) is 13.2 Å². The average Bonchev–Trinajstić information content (AvgIpc) is 2.94. The quantitative estimate of drug-likeness (QED) is 0.253. The molecule has 0 radical (unpaired) electrons. The number of fused-ring (bicyclic) bond motifs is 1. The number of rotatable bonds is 5. The van der Waals surface area contributed by atoms with Gasteiger partial charge in [-0.15, -0.1) is 0 Å². The maximum absolute atomic E-state index is 14.4. The minimum absolute atomic E-state index is 0.0218. The molecule has 3 N–H and O–H groups in total. The standard InChI is InChI=1S/C28H22F3NO7/c29-17-10-15(11-18(30)24(17)31)16(12-21(34)32-6-8-38-9-7-32)22-25(35)27(37)26(36)23-19(33)13-20(39-28(22)23)14-4-2-1-3-5-14/h1-5,10-11,13,16,35-37H,6-9,12H2. The van der Waals surface area contributed by atoms with E-state index in [0.29, 0.717) is 17.7 Å². The van der Waals surface area contributed by atoms with Crippen molar-refractivity contribution >= 4 is 16.9 Å². The Morgan fingerprint density at radius 2 is 1.56 bits per heavy atom. The molecule has 1 fully saturated rings. The minimum atomic E-state index is -1.74. The summed E-state index contributed by atoms with van der Waals surface area (Å²) in [5.74, 6) is -9.80. The minimum Gasteiger partial charge on any atom is -0.504 e. The summed E-state index contributed by atoms with van der Waals surface area (Å²) in [6.45, 7) is 0.996. The van der Waals surface area contributed by atoms with Crippen molar-refractivity contribution in [2.75, 3.05) is 26.3 Å². The van der Waals surface area contributed by atoms with E-state index in [-0.39, 0.29) is 43.2 Å². The van der Waals surface area contributed by atoms with Gasteiger partial charge in [-0.05, 0) is 17.7 Å². The van der Waals surface area contributed by atoms with Gasteiger partial charge in [-0.3, -0.25) is 9.59 Å². The number of carbonyl (C=O) groups excluding carboxylic acids is 1. The van der Waals surface area contributed by atoms with Gasteiger partial charge in [0.1, 0.15) is 16.7 Å². The molecule has 1 atom stereocenters. The van der Waals surface area contributed by atoms with Crippen LogP contribution in [0.3, 0.4) is 0 Å². The lowest BCUT2D eigenvalue weighted by molar-refractivity contribution is -0.135. The van der Waals surface area contributed by atoms with Gasteiger partial charge in [0.2, 0.25) is 11.7 Å². The lowest BCUT2D eigenvalue weighted by Crippen LogP contribution is -2.41. The number of hydrogen-bond donors (Lipinski definition) is 3. The predicted octanol–water partition coefficient (Wildman–Crippen LogP) is 4.37. The Balaban J connectivity index is 1.79. The first kappa shape index (κ1) is 26.1. The number of halogens is 3. The molecule has 0 aliphatic carbocycles. The number of amides is 1. The largest absolute Gasteiger partial charge is 0.504 e. The third kappa shape index (κ3) is 4.76. The number of carbonyl (C=O) groups is 1. The summed E-state index contributed by atoms with van der Waals surface area (Å²) in [5, 5.41) is 31.5. The van der Waals surface area contributed by atoms with Crippen LogP contribution in [0.15, 0.2) is 57.7 Å². The summed E-state index contributed by atoms with van der Waals surface area (Å²) in [5.41, 5.74) is -1.42. The van der Waals surface area contributed by atoms with Crippen LogP contribution in [-0.4, -0.2) is 52.4 Å². The summed E-state index contributed by atoms with van der Waals surface area (Å²) in [6.07, 6.45) is -0.517. The maximum atomic E-state index is 14.4. The fraction of sp³-hybridized carbons (Fsp3) is 0.214. The highest BCUT2D eigenvalue weighted by Gasteiger charge is 2.33. The van der Waals surface area contributed by atoms with Crippen molar-refractivity contribution < 1.29 is 42.4 Å². The molecular formula is C28H22F3NO7. The van der Waals surface area contributed by atoms with E-state index in [1.165, 1.54) is 4.90 Å². The summed E-state index contributed by atoms with van der Waals surface area (Å²) in [7, 11) is 0. The van der Waals surface area contributed by atoms with Crippen molar-refractivity contribution in [3.05, 3.63) is 87.3 Å². The molecule has 3 aromatic carbocycles. The molecule has 202 valence electrons.